The van der Waals surface area contributed by atoms with Gasteiger partial charge in [-0.05, 0) is 35.9 Å². The normalized spacial score (nSPS) is 10.5. The number of nitrogens with one attached hydrogen (secondary N) is 1. The molecule has 144 valence electrons. The molecular weight excluding hydrogens is 364 g/mol. The molecule has 1 N–H and O–H groups in total. The molecule has 6 nitrogen and oxygen atoms in total. The molecule has 1 amide bonds. The van der Waals surface area contributed by atoms with Crippen LogP contribution in [0, 0.1) is 0 Å². The number of para-hydroxylation sites is 1. The lowest BCUT2D eigenvalue weighted by molar-refractivity contribution is 0.102. The van der Waals surface area contributed by atoms with Crippen molar-refractivity contribution in [2.45, 2.75) is 13.2 Å². The molecule has 2 aromatic carbocycles. The fraction of sp³-hybridized carbons (Fsp3) is 0.0870. The molecule has 4 rings (SSSR count). The van der Waals surface area contributed by atoms with E-state index >= 15 is 0 Å². The van der Waals surface area contributed by atoms with E-state index in [-0.39, 0.29) is 5.91 Å². The molecule has 2 aromatic heterocycles. The van der Waals surface area contributed by atoms with Crippen LogP contribution in [0.15, 0.2) is 91.4 Å². The maximum absolute atomic E-state index is 12.8. The Bertz CT molecular complexity index is 1080. The second kappa shape index (κ2) is 8.84. The molecule has 0 radical (unpaired) electrons. The van der Waals surface area contributed by atoms with Gasteiger partial charge in [-0.25, -0.2) is 0 Å². The van der Waals surface area contributed by atoms with Crippen LogP contribution >= 0.6 is 0 Å². The van der Waals surface area contributed by atoms with Crippen molar-refractivity contribution in [3.05, 3.63) is 108 Å². The van der Waals surface area contributed by atoms with Gasteiger partial charge < -0.3 is 10.1 Å². The summed E-state index contributed by atoms with van der Waals surface area (Å²) in [5.41, 5.74) is 2.46. The molecule has 0 atom stereocenters. The summed E-state index contributed by atoms with van der Waals surface area (Å²) in [6, 6.07) is 22.6. The quantitative estimate of drug-likeness (QED) is 0.520. The molecule has 0 aliphatic heterocycles. The van der Waals surface area contributed by atoms with E-state index in [1.807, 2.05) is 66.9 Å². The van der Waals surface area contributed by atoms with E-state index in [1.165, 1.54) is 0 Å². The minimum atomic E-state index is -0.216. The van der Waals surface area contributed by atoms with Gasteiger partial charge in [-0.3, -0.25) is 14.5 Å². The Labute approximate surface area is 168 Å². The summed E-state index contributed by atoms with van der Waals surface area (Å²) < 4.78 is 7.57. The number of rotatable bonds is 7. The van der Waals surface area contributed by atoms with Gasteiger partial charge in [-0.15, -0.1) is 0 Å². The molecule has 0 aliphatic rings. The van der Waals surface area contributed by atoms with Gasteiger partial charge in [0.2, 0.25) is 0 Å². The predicted molar refractivity (Wildman–Crippen MR) is 111 cm³/mol. The number of ether oxygens (including phenoxy) is 1. The third kappa shape index (κ3) is 4.87. The monoisotopic (exact) mass is 384 g/mol. The van der Waals surface area contributed by atoms with Crippen molar-refractivity contribution in [2.24, 2.45) is 0 Å². The van der Waals surface area contributed by atoms with E-state index in [9.17, 15) is 4.79 Å². The maximum atomic E-state index is 12.8. The van der Waals surface area contributed by atoms with Crippen molar-refractivity contribution in [3.8, 4) is 5.75 Å². The van der Waals surface area contributed by atoms with E-state index in [1.54, 1.807) is 29.2 Å². The predicted octanol–water partition coefficient (Wildman–Crippen LogP) is 4.16. The van der Waals surface area contributed by atoms with Crippen LogP contribution in [0.3, 0.4) is 0 Å². The second-order valence-electron chi connectivity index (χ2n) is 6.47. The topological polar surface area (TPSA) is 69.0 Å². The van der Waals surface area contributed by atoms with Gasteiger partial charge in [-0.1, -0.05) is 36.4 Å². The number of anilines is 1. The molecule has 0 bridgehead atoms. The molecule has 0 aliphatic carbocycles. The van der Waals surface area contributed by atoms with Crippen molar-refractivity contribution >= 4 is 11.7 Å². The molecule has 6 heteroatoms. The van der Waals surface area contributed by atoms with Crippen LogP contribution in [0.25, 0.3) is 0 Å². The van der Waals surface area contributed by atoms with Gasteiger partial charge in [-0.2, -0.15) is 5.10 Å². The first kappa shape index (κ1) is 18.4. The summed E-state index contributed by atoms with van der Waals surface area (Å²) in [4.78, 5) is 16.8. The Kier molecular flexibility index (Phi) is 5.62. The SMILES string of the molecule is O=C(Nc1ccn(Cc2ccncc2)n1)c1ccccc1COc1ccccc1. The average Bonchev–Trinajstić information content (AvgIpc) is 3.20. The molecular formula is C23H20N4O2. The van der Waals surface area contributed by atoms with E-state index in [4.69, 9.17) is 4.74 Å². The highest BCUT2D eigenvalue weighted by Gasteiger charge is 2.13. The highest BCUT2D eigenvalue weighted by Crippen LogP contribution is 2.16. The zero-order valence-electron chi connectivity index (χ0n) is 15.7. The first-order valence-electron chi connectivity index (χ1n) is 9.27. The van der Waals surface area contributed by atoms with Crippen molar-refractivity contribution in [1.82, 2.24) is 14.8 Å². The van der Waals surface area contributed by atoms with Gasteiger partial charge in [0, 0.05) is 35.8 Å². The number of carbonyl (C=O) groups is 1. The first-order valence-corrected chi connectivity index (χ1v) is 9.27. The molecule has 0 fully saturated rings. The lowest BCUT2D eigenvalue weighted by Gasteiger charge is -2.10. The van der Waals surface area contributed by atoms with Gasteiger partial charge in [0.25, 0.3) is 5.91 Å². The standard InChI is InChI=1S/C23H20N4O2/c28-23(25-22-12-15-27(26-22)16-18-10-13-24-14-11-18)21-9-5-4-6-19(21)17-29-20-7-2-1-3-8-20/h1-15H,16-17H2,(H,25,26,28). The van der Waals surface area contributed by atoms with E-state index < -0.39 is 0 Å². The van der Waals surface area contributed by atoms with E-state index in [2.05, 4.69) is 15.4 Å². The summed E-state index contributed by atoms with van der Waals surface area (Å²) in [6.45, 7) is 0.921. The molecule has 29 heavy (non-hydrogen) atoms. The Balaban J connectivity index is 1.42. The second-order valence-corrected chi connectivity index (χ2v) is 6.47. The summed E-state index contributed by atoms with van der Waals surface area (Å²) >= 11 is 0. The summed E-state index contributed by atoms with van der Waals surface area (Å²) in [5, 5.41) is 7.29. The molecule has 0 unspecified atom stereocenters. The Morgan fingerprint density at radius 3 is 2.52 bits per heavy atom. The van der Waals surface area contributed by atoms with Crippen molar-refractivity contribution in [3.63, 3.8) is 0 Å². The van der Waals surface area contributed by atoms with Crippen molar-refractivity contribution in [2.75, 3.05) is 5.32 Å². The number of hydrogen-bond acceptors (Lipinski definition) is 4. The molecule has 4 aromatic rings. The highest BCUT2D eigenvalue weighted by molar-refractivity contribution is 6.04. The fourth-order valence-electron chi connectivity index (χ4n) is 2.92. The Morgan fingerprint density at radius 2 is 1.69 bits per heavy atom. The number of nitrogens with zero attached hydrogens (tertiary/aromatic N) is 3. The summed E-state index contributed by atoms with van der Waals surface area (Å²) in [7, 11) is 0. The number of hydrogen-bond donors (Lipinski definition) is 1. The zero-order valence-corrected chi connectivity index (χ0v) is 15.7. The zero-order chi connectivity index (χ0) is 19.9. The molecule has 0 spiro atoms. The van der Waals surface area contributed by atoms with Crippen LogP contribution < -0.4 is 10.1 Å². The van der Waals surface area contributed by atoms with Gasteiger partial charge in [0.05, 0.1) is 6.54 Å². The lowest BCUT2D eigenvalue weighted by atomic mass is 10.1. The first-order chi connectivity index (χ1) is 14.3. The number of carbonyl (C=O) groups excluding carboxylic acids is 1. The van der Waals surface area contributed by atoms with Gasteiger partial charge in [0.15, 0.2) is 5.82 Å². The minimum Gasteiger partial charge on any atom is -0.489 e. The summed E-state index contributed by atoms with van der Waals surface area (Å²) in [5.74, 6) is 1.05. The Morgan fingerprint density at radius 1 is 0.931 bits per heavy atom. The third-order valence-corrected chi connectivity index (χ3v) is 4.38. The highest BCUT2D eigenvalue weighted by atomic mass is 16.5. The molecule has 2 heterocycles. The van der Waals surface area contributed by atoms with Crippen LogP contribution in [0.1, 0.15) is 21.5 Å². The van der Waals surface area contributed by atoms with E-state index in [0.717, 1.165) is 16.9 Å². The minimum absolute atomic E-state index is 0.216. The van der Waals surface area contributed by atoms with Crippen LogP contribution in [0.5, 0.6) is 5.75 Å². The van der Waals surface area contributed by atoms with Gasteiger partial charge in [0.1, 0.15) is 12.4 Å². The number of benzene rings is 2. The van der Waals surface area contributed by atoms with Crippen LogP contribution in [0.4, 0.5) is 5.82 Å². The van der Waals surface area contributed by atoms with Crippen LogP contribution in [-0.4, -0.2) is 20.7 Å². The van der Waals surface area contributed by atoms with Crippen LogP contribution in [-0.2, 0) is 13.2 Å². The number of amides is 1. The van der Waals surface area contributed by atoms with Crippen LogP contribution in [0.2, 0.25) is 0 Å². The fourth-order valence-corrected chi connectivity index (χ4v) is 2.92. The maximum Gasteiger partial charge on any atom is 0.257 e. The Hall–Kier alpha value is -3.93. The van der Waals surface area contributed by atoms with Crippen molar-refractivity contribution < 1.29 is 9.53 Å². The number of pyridine rings is 1. The number of aromatic nitrogens is 3. The molecule has 0 saturated carbocycles. The van der Waals surface area contributed by atoms with Crippen molar-refractivity contribution in [1.29, 1.82) is 0 Å². The largest absolute Gasteiger partial charge is 0.489 e. The summed E-state index contributed by atoms with van der Waals surface area (Å²) in [6.07, 6.45) is 5.33. The molecule has 0 saturated heterocycles. The third-order valence-electron chi connectivity index (χ3n) is 4.38. The average molecular weight is 384 g/mol. The van der Waals surface area contributed by atoms with E-state index in [0.29, 0.717) is 24.5 Å². The smallest absolute Gasteiger partial charge is 0.257 e. The lowest BCUT2D eigenvalue weighted by Crippen LogP contribution is -2.16. The van der Waals surface area contributed by atoms with Gasteiger partial charge >= 0.3 is 0 Å².